The molecule has 1 fully saturated rings. The lowest BCUT2D eigenvalue weighted by atomic mass is 9.96. The molecule has 0 aliphatic carbocycles. The van der Waals surface area contributed by atoms with Crippen LogP contribution < -0.4 is 5.32 Å². The monoisotopic (exact) mass is 334 g/mol. The second-order valence-corrected chi connectivity index (χ2v) is 5.43. The van der Waals surface area contributed by atoms with E-state index in [4.69, 9.17) is 5.11 Å². The molecule has 10 heteroatoms. The van der Waals surface area contributed by atoms with Gasteiger partial charge in [0.1, 0.15) is 5.82 Å². The molecule has 0 bridgehead atoms. The first-order valence-corrected chi connectivity index (χ1v) is 7.01. The highest BCUT2D eigenvalue weighted by atomic mass is 19.4. The molecule has 128 valence electrons. The third kappa shape index (κ3) is 3.57. The molecule has 2 atom stereocenters. The summed E-state index contributed by atoms with van der Waals surface area (Å²) in [6.45, 7) is 0.717. The van der Waals surface area contributed by atoms with Gasteiger partial charge in [-0.3, -0.25) is 14.8 Å². The van der Waals surface area contributed by atoms with Crippen molar-refractivity contribution in [1.82, 2.24) is 14.7 Å². The maximum atomic E-state index is 12.9. The number of likely N-dealkylation sites (tertiary alicyclic amines) is 1. The fraction of sp³-hybridized carbons (Fsp3) is 0.615. The Kier molecular flexibility index (Phi) is 4.53. The Morgan fingerprint density at radius 1 is 1.43 bits per heavy atom. The number of hydrogen-bond donors (Lipinski definition) is 2. The number of rotatable bonds is 3. The normalized spacial score (nSPS) is 21.5. The van der Waals surface area contributed by atoms with Crippen molar-refractivity contribution in [1.29, 1.82) is 0 Å². The number of carboxylic acids is 1. The first kappa shape index (κ1) is 17.1. The molecule has 1 aliphatic rings. The number of aliphatic carboxylic acids is 1. The SMILES string of the molecule is CCc1cc(NC(=O)N2C[C@@H](C(F)(F)F)[C@H](C(=O)O)C2)n(C)n1. The van der Waals surface area contributed by atoms with E-state index in [2.05, 4.69) is 10.4 Å². The number of carboxylic acid groups (broad SMARTS) is 1. The van der Waals surface area contributed by atoms with E-state index >= 15 is 0 Å². The van der Waals surface area contributed by atoms with Crippen molar-refractivity contribution >= 4 is 17.8 Å². The summed E-state index contributed by atoms with van der Waals surface area (Å²) in [7, 11) is 1.59. The maximum absolute atomic E-state index is 12.9. The number of aromatic nitrogens is 2. The third-order valence-corrected chi connectivity index (χ3v) is 3.87. The van der Waals surface area contributed by atoms with Gasteiger partial charge in [0.2, 0.25) is 0 Å². The molecule has 2 heterocycles. The minimum absolute atomic E-state index is 0.342. The molecule has 0 saturated carbocycles. The predicted octanol–water partition coefficient (Wildman–Crippen LogP) is 1.71. The van der Waals surface area contributed by atoms with Crippen LogP contribution in [0.4, 0.5) is 23.8 Å². The summed E-state index contributed by atoms with van der Waals surface area (Å²) < 4.78 is 40.1. The van der Waals surface area contributed by atoms with Gasteiger partial charge in [0.15, 0.2) is 0 Å². The quantitative estimate of drug-likeness (QED) is 0.881. The van der Waals surface area contributed by atoms with Crippen molar-refractivity contribution in [2.75, 3.05) is 18.4 Å². The maximum Gasteiger partial charge on any atom is 0.394 e. The zero-order valence-corrected chi connectivity index (χ0v) is 12.6. The molecular weight excluding hydrogens is 317 g/mol. The molecule has 0 radical (unpaired) electrons. The summed E-state index contributed by atoms with van der Waals surface area (Å²) >= 11 is 0. The Labute approximate surface area is 130 Å². The molecule has 2 rings (SSSR count). The average molecular weight is 334 g/mol. The number of halogens is 3. The fourth-order valence-corrected chi connectivity index (χ4v) is 2.56. The fourth-order valence-electron chi connectivity index (χ4n) is 2.56. The Morgan fingerprint density at radius 2 is 2.09 bits per heavy atom. The Balaban J connectivity index is 2.11. The third-order valence-electron chi connectivity index (χ3n) is 3.87. The van der Waals surface area contributed by atoms with Gasteiger partial charge in [0.25, 0.3) is 0 Å². The van der Waals surface area contributed by atoms with E-state index in [9.17, 15) is 22.8 Å². The molecule has 1 aliphatic heterocycles. The molecule has 2 N–H and O–H groups in total. The number of carbonyl (C=O) groups is 2. The number of carbonyl (C=O) groups excluding carboxylic acids is 1. The van der Waals surface area contributed by atoms with E-state index < -0.39 is 43.1 Å². The molecule has 1 aromatic rings. The van der Waals surface area contributed by atoms with Crippen LogP contribution in [0.25, 0.3) is 0 Å². The van der Waals surface area contributed by atoms with E-state index in [0.717, 1.165) is 10.6 Å². The summed E-state index contributed by atoms with van der Waals surface area (Å²) in [6.07, 6.45) is -4.02. The van der Waals surface area contributed by atoms with Crippen molar-refractivity contribution in [2.24, 2.45) is 18.9 Å². The lowest BCUT2D eigenvalue weighted by molar-refractivity contribution is -0.187. The number of urea groups is 1. The summed E-state index contributed by atoms with van der Waals surface area (Å²) in [4.78, 5) is 24.0. The summed E-state index contributed by atoms with van der Waals surface area (Å²) in [5.41, 5.74) is 0.723. The summed E-state index contributed by atoms with van der Waals surface area (Å²) in [6, 6.07) is 0.845. The van der Waals surface area contributed by atoms with Crippen LogP contribution in [0, 0.1) is 11.8 Å². The van der Waals surface area contributed by atoms with Crippen LogP contribution >= 0.6 is 0 Å². The van der Waals surface area contributed by atoms with E-state index in [-0.39, 0.29) is 0 Å². The second-order valence-electron chi connectivity index (χ2n) is 5.43. The minimum Gasteiger partial charge on any atom is -0.481 e. The van der Waals surface area contributed by atoms with Gasteiger partial charge >= 0.3 is 18.2 Å². The number of alkyl halides is 3. The van der Waals surface area contributed by atoms with Crippen molar-refractivity contribution < 1.29 is 27.9 Å². The minimum atomic E-state index is -4.67. The number of hydrogen-bond acceptors (Lipinski definition) is 3. The van der Waals surface area contributed by atoms with Crippen LogP contribution in [-0.2, 0) is 18.3 Å². The standard InChI is InChI=1S/C13H17F3N4O3/c1-3-7-4-10(19(2)18-7)17-12(23)20-5-8(11(21)22)9(6-20)13(14,15)16/h4,8-9H,3,5-6H2,1-2H3,(H,17,23)(H,21,22)/t8-,9-/m1/s1. The molecule has 23 heavy (non-hydrogen) atoms. The Morgan fingerprint density at radius 3 is 2.52 bits per heavy atom. The highest BCUT2D eigenvalue weighted by molar-refractivity contribution is 5.89. The van der Waals surface area contributed by atoms with Crippen LogP contribution in [0.1, 0.15) is 12.6 Å². The number of anilines is 1. The topological polar surface area (TPSA) is 87.5 Å². The Hall–Kier alpha value is -2.26. The number of amides is 2. The number of nitrogens with one attached hydrogen (secondary N) is 1. The summed E-state index contributed by atoms with van der Waals surface area (Å²) in [5.74, 6) is -4.94. The Bertz CT molecular complexity index is 614. The van der Waals surface area contributed by atoms with E-state index in [0.29, 0.717) is 12.2 Å². The summed E-state index contributed by atoms with van der Waals surface area (Å²) in [5, 5.41) is 15.5. The molecule has 1 saturated heterocycles. The lowest BCUT2D eigenvalue weighted by Gasteiger charge is -2.18. The van der Waals surface area contributed by atoms with Gasteiger partial charge < -0.3 is 10.0 Å². The molecule has 7 nitrogen and oxygen atoms in total. The van der Waals surface area contributed by atoms with E-state index in [1.165, 1.54) is 4.68 Å². The van der Waals surface area contributed by atoms with Crippen molar-refractivity contribution in [3.8, 4) is 0 Å². The van der Waals surface area contributed by atoms with Crippen LogP contribution in [0.3, 0.4) is 0 Å². The second kappa shape index (κ2) is 6.09. The smallest absolute Gasteiger partial charge is 0.394 e. The predicted molar refractivity (Wildman–Crippen MR) is 73.8 cm³/mol. The highest BCUT2D eigenvalue weighted by Gasteiger charge is 2.53. The largest absolute Gasteiger partial charge is 0.481 e. The van der Waals surface area contributed by atoms with Crippen molar-refractivity contribution in [3.63, 3.8) is 0 Å². The van der Waals surface area contributed by atoms with Gasteiger partial charge in [-0.05, 0) is 6.42 Å². The average Bonchev–Trinajstić information content (AvgIpc) is 3.03. The van der Waals surface area contributed by atoms with Gasteiger partial charge in [-0.1, -0.05) is 6.92 Å². The van der Waals surface area contributed by atoms with Gasteiger partial charge in [0.05, 0.1) is 17.5 Å². The lowest BCUT2D eigenvalue weighted by Crippen LogP contribution is -2.35. The zero-order chi connectivity index (χ0) is 17.4. The van der Waals surface area contributed by atoms with Crippen LogP contribution in [-0.4, -0.2) is 51.1 Å². The molecule has 0 aromatic carbocycles. The number of aryl methyl sites for hydroxylation is 2. The molecule has 1 aromatic heterocycles. The number of nitrogens with zero attached hydrogens (tertiary/aromatic N) is 3. The molecular formula is C13H17F3N4O3. The van der Waals surface area contributed by atoms with Crippen LogP contribution in [0.15, 0.2) is 6.07 Å². The van der Waals surface area contributed by atoms with Gasteiger partial charge in [0, 0.05) is 26.2 Å². The van der Waals surface area contributed by atoms with Crippen molar-refractivity contribution in [2.45, 2.75) is 19.5 Å². The first-order chi connectivity index (χ1) is 10.6. The molecule has 0 unspecified atom stereocenters. The van der Waals surface area contributed by atoms with Gasteiger partial charge in [-0.25, -0.2) is 4.79 Å². The van der Waals surface area contributed by atoms with Gasteiger partial charge in [-0.15, -0.1) is 0 Å². The van der Waals surface area contributed by atoms with Crippen LogP contribution in [0.2, 0.25) is 0 Å². The van der Waals surface area contributed by atoms with Crippen molar-refractivity contribution in [3.05, 3.63) is 11.8 Å². The molecule has 2 amide bonds. The zero-order valence-electron chi connectivity index (χ0n) is 12.6. The van der Waals surface area contributed by atoms with E-state index in [1.807, 2.05) is 6.92 Å². The highest BCUT2D eigenvalue weighted by Crippen LogP contribution is 2.37. The molecule has 0 spiro atoms. The first-order valence-electron chi connectivity index (χ1n) is 7.01. The van der Waals surface area contributed by atoms with E-state index in [1.54, 1.807) is 13.1 Å². The van der Waals surface area contributed by atoms with Gasteiger partial charge in [-0.2, -0.15) is 18.3 Å². The van der Waals surface area contributed by atoms with Crippen LogP contribution in [0.5, 0.6) is 0 Å².